The van der Waals surface area contributed by atoms with E-state index in [2.05, 4.69) is 63.5 Å². The Labute approximate surface area is 255 Å². The molecule has 2 aliphatic heterocycles. The summed E-state index contributed by atoms with van der Waals surface area (Å²) in [5.41, 5.74) is 3.95. The van der Waals surface area contributed by atoms with Crippen molar-refractivity contribution in [2.75, 3.05) is 63.1 Å². The maximum absolute atomic E-state index is 11.2. The molecule has 10 nitrogen and oxygen atoms in total. The molecular formula is C33H47N7O3. The van der Waals surface area contributed by atoms with Gasteiger partial charge in [-0.1, -0.05) is 43.2 Å². The SMILES string of the molecule is CN1CCCN(c2nc(NC3CCN(Cc4ccccc4)CC3)c3ccc(OCCCCCCC(=O)NO)cc3n2)CC1. The second-order valence-electron chi connectivity index (χ2n) is 11.9. The highest BCUT2D eigenvalue weighted by Gasteiger charge is 2.22. The number of hydrogen-bond acceptors (Lipinski definition) is 9. The predicted molar refractivity (Wildman–Crippen MR) is 171 cm³/mol. The van der Waals surface area contributed by atoms with Crippen molar-refractivity contribution in [3.05, 3.63) is 54.1 Å². The molecule has 2 saturated heterocycles. The Morgan fingerprint density at radius 3 is 2.58 bits per heavy atom. The number of hydrogen-bond donors (Lipinski definition) is 3. The van der Waals surface area contributed by atoms with Gasteiger partial charge in [-0.05, 0) is 63.4 Å². The average molecular weight is 590 g/mol. The predicted octanol–water partition coefficient (Wildman–Crippen LogP) is 4.68. The van der Waals surface area contributed by atoms with E-state index in [1.165, 1.54) is 5.56 Å². The highest BCUT2D eigenvalue weighted by Crippen LogP contribution is 2.29. The van der Waals surface area contributed by atoms with E-state index in [1.54, 1.807) is 5.48 Å². The Hall–Kier alpha value is -3.47. The first-order valence-corrected chi connectivity index (χ1v) is 15.9. The van der Waals surface area contributed by atoms with Crippen molar-refractivity contribution >= 4 is 28.6 Å². The quantitative estimate of drug-likeness (QED) is 0.149. The number of likely N-dealkylation sites (tertiary alicyclic amines) is 1. The Morgan fingerprint density at radius 2 is 1.77 bits per heavy atom. The van der Waals surface area contributed by atoms with Gasteiger partial charge in [0.15, 0.2) is 0 Å². The van der Waals surface area contributed by atoms with Crippen LogP contribution in [0.3, 0.4) is 0 Å². The lowest BCUT2D eigenvalue weighted by Crippen LogP contribution is -2.39. The smallest absolute Gasteiger partial charge is 0.243 e. The summed E-state index contributed by atoms with van der Waals surface area (Å²) in [6.45, 7) is 7.68. The minimum atomic E-state index is -0.330. The van der Waals surface area contributed by atoms with E-state index in [-0.39, 0.29) is 5.91 Å². The molecule has 0 radical (unpaired) electrons. The summed E-state index contributed by atoms with van der Waals surface area (Å²) in [6.07, 6.45) is 7.16. The van der Waals surface area contributed by atoms with Crippen LogP contribution in [0.15, 0.2) is 48.5 Å². The molecule has 3 heterocycles. The van der Waals surface area contributed by atoms with E-state index in [9.17, 15) is 4.79 Å². The molecule has 5 rings (SSSR count). The van der Waals surface area contributed by atoms with Crippen LogP contribution >= 0.6 is 0 Å². The number of rotatable bonds is 13. The van der Waals surface area contributed by atoms with Crippen LogP contribution in [0.2, 0.25) is 0 Å². The molecule has 2 aliphatic rings. The number of likely N-dealkylation sites (N-methyl/N-ethyl adjacent to an activating group) is 1. The average Bonchev–Trinajstić information content (AvgIpc) is 3.26. The lowest BCUT2D eigenvalue weighted by atomic mass is 10.0. The zero-order valence-electron chi connectivity index (χ0n) is 25.5. The lowest BCUT2D eigenvalue weighted by molar-refractivity contribution is -0.129. The second-order valence-corrected chi connectivity index (χ2v) is 11.9. The molecule has 0 spiro atoms. The van der Waals surface area contributed by atoms with Crippen LogP contribution in [0.1, 0.15) is 56.9 Å². The van der Waals surface area contributed by atoms with Crippen molar-refractivity contribution in [2.24, 2.45) is 0 Å². The van der Waals surface area contributed by atoms with Gasteiger partial charge in [0, 0.05) is 63.2 Å². The lowest BCUT2D eigenvalue weighted by Gasteiger charge is -2.33. The third-order valence-corrected chi connectivity index (χ3v) is 8.53. The van der Waals surface area contributed by atoms with Crippen molar-refractivity contribution in [1.29, 1.82) is 0 Å². The molecule has 0 saturated carbocycles. The molecule has 0 unspecified atom stereocenters. The number of carbonyl (C=O) groups is 1. The van der Waals surface area contributed by atoms with Crippen molar-refractivity contribution in [3.63, 3.8) is 0 Å². The van der Waals surface area contributed by atoms with Gasteiger partial charge in [0.25, 0.3) is 0 Å². The Bertz CT molecular complexity index is 1300. The Kier molecular flexibility index (Phi) is 11.4. The van der Waals surface area contributed by atoms with Crippen LogP contribution in [0.4, 0.5) is 11.8 Å². The van der Waals surface area contributed by atoms with Crippen LogP contribution in [-0.4, -0.2) is 89.8 Å². The fourth-order valence-electron chi connectivity index (χ4n) is 5.94. The fourth-order valence-corrected chi connectivity index (χ4v) is 5.94. The minimum Gasteiger partial charge on any atom is -0.494 e. The van der Waals surface area contributed by atoms with Gasteiger partial charge in [-0.2, -0.15) is 4.98 Å². The van der Waals surface area contributed by atoms with Crippen LogP contribution in [0.25, 0.3) is 10.9 Å². The van der Waals surface area contributed by atoms with Gasteiger partial charge in [-0.25, -0.2) is 10.5 Å². The first-order valence-electron chi connectivity index (χ1n) is 15.9. The summed E-state index contributed by atoms with van der Waals surface area (Å²) in [7, 11) is 2.18. The van der Waals surface area contributed by atoms with Gasteiger partial charge in [0.2, 0.25) is 11.9 Å². The molecule has 232 valence electrons. The third-order valence-electron chi connectivity index (χ3n) is 8.53. The highest BCUT2D eigenvalue weighted by molar-refractivity contribution is 5.91. The molecule has 10 heteroatoms. The number of anilines is 2. The number of aromatic nitrogens is 2. The van der Waals surface area contributed by atoms with Gasteiger partial charge in [-0.15, -0.1) is 0 Å². The normalized spacial score (nSPS) is 17.1. The second kappa shape index (κ2) is 15.8. The highest BCUT2D eigenvalue weighted by atomic mass is 16.5. The van der Waals surface area contributed by atoms with Gasteiger partial charge >= 0.3 is 0 Å². The summed E-state index contributed by atoms with van der Waals surface area (Å²) >= 11 is 0. The Morgan fingerprint density at radius 1 is 0.953 bits per heavy atom. The van der Waals surface area contributed by atoms with E-state index in [0.717, 1.165) is 119 Å². The summed E-state index contributed by atoms with van der Waals surface area (Å²) in [5, 5.41) is 13.4. The zero-order valence-corrected chi connectivity index (χ0v) is 25.5. The summed E-state index contributed by atoms with van der Waals surface area (Å²) in [4.78, 5) is 28.5. The zero-order chi connectivity index (χ0) is 29.9. The number of unbranched alkanes of at least 4 members (excludes halogenated alkanes) is 3. The van der Waals surface area contributed by atoms with Crippen LogP contribution < -0.4 is 20.4 Å². The number of ether oxygens (including phenoxy) is 1. The summed E-state index contributed by atoms with van der Waals surface area (Å²) in [6, 6.07) is 17.2. The fraction of sp³-hybridized carbons (Fsp3) is 0.545. The number of benzene rings is 2. The number of nitrogens with zero attached hydrogens (tertiary/aromatic N) is 5. The maximum atomic E-state index is 11.2. The largest absolute Gasteiger partial charge is 0.494 e. The van der Waals surface area contributed by atoms with Gasteiger partial charge < -0.3 is 19.9 Å². The molecule has 1 amide bonds. The van der Waals surface area contributed by atoms with Gasteiger partial charge in [0.1, 0.15) is 11.6 Å². The van der Waals surface area contributed by atoms with E-state index in [1.807, 2.05) is 12.1 Å². The molecule has 43 heavy (non-hydrogen) atoms. The molecule has 3 N–H and O–H groups in total. The topological polar surface area (TPSA) is 106 Å². The number of nitrogens with one attached hydrogen (secondary N) is 2. The van der Waals surface area contributed by atoms with Crippen molar-refractivity contribution < 1.29 is 14.7 Å². The molecule has 1 aromatic heterocycles. The molecule has 2 aromatic carbocycles. The van der Waals surface area contributed by atoms with E-state index < -0.39 is 0 Å². The van der Waals surface area contributed by atoms with Crippen LogP contribution in [0, 0.1) is 0 Å². The standard InChI is InChI=1S/C33H47N7O3/c1-38-17-9-18-40(22-21-38)33-35-30-24-28(43-23-8-3-2-7-12-31(41)37-42)13-14-29(30)32(36-33)34-27-15-19-39(20-16-27)25-26-10-5-4-6-11-26/h4-6,10-11,13-14,24,27,42H,2-3,7-9,12,15-23,25H2,1H3,(H,37,41)(H,34,35,36). The summed E-state index contributed by atoms with van der Waals surface area (Å²) < 4.78 is 6.11. The van der Waals surface area contributed by atoms with Crippen molar-refractivity contribution in [3.8, 4) is 5.75 Å². The van der Waals surface area contributed by atoms with E-state index in [4.69, 9.17) is 19.9 Å². The molecular weight excluding hydrogens is 542 g/mol. The van der Waals surface area contributed by atoms with Crippen LogP contribution in [0.5, 0.6) is 5.75 Å². The van der Waals surface area contributed by atoms with E-state index >= 15 is 0 Å². The summed E-state index contributed by atoms with van der Waals surface area (Å²) in [5.74, 6) is 2.18. The van der Waals surface area contributed by atoms with E-state index in [0.29, 0.717) is 19.1 Å². The van der Waals surface area contributed by atoms with Crippen molar-refractivity contribution in [2.45, 2.75) is 64.0 Å². The van der Waals surface area contributed by atoms with Crippen LogP contribution in [-0.2, 0) is 11.3 Å². The minimum absolute atomic E-state index is 0.330. The molecule has 0 atom stereocenters. The number of hydroxylamine groups is 1. The number of carbonyl (C=O) groups excluding carboxylic acids is 1. The number of amides is 1. The first kappa shape index (κ1) is 31.0. The number of piperidine rings is 1. The molecule has 3 aromatic rings. The Balaban J connectivity index is 1.24. The molecule has 2 fully saturated rings. The monoisotopic (exact) mass is 589 g/mol. The molecule has 0 bridgehead atoms. The number of fused-ring (bicyclic) bond motifs is 1. The van der Waals surface area contributed by atoms with Crippen molar-refractivity contribution in [1.82, 2.24) is 25.2 Å². The van der Waals surface area contributed by atoms with Gasteiger partial charge in [-0.3, -0.25) is 14.9 Å². The third kappa shape index (κ3) is 9.26. The van der Waals surface area contributed by atoms with Gasteiger partial charge in [0.05, 0.1) is 12.1 Å². The maximum Gasteiger partial charge on any atom is 0.243 e. The first-order chi connectivity index (χ1) is 21.1. The molecule has 0 aliphatic carbocycles.